The summed E-state index contributed by atoms with van der Waals surface area (Å²) in [5.41, 5.74) is 1.48. The lowest BCUT2D eigenvalue weighted by Gasteiger charge is -2.07. The van der Waals surface area contributed by atoms with Crippen LogP contribution in [0, 0.1) is 5.92 Å². The van der Waals surface area contributed by atoms with Gasteiger partial charge in [-0.3, -0.25) is 4.39 Å². The molecule has 0 nitrogen and oxygen atoms in total. The lowest BCUT2D eigenvalue weighted by molar-refractivity contribution is 0.365. The van der Waals surface area contributed by atoms with E-state index in [-0.39, 0.29) is 12.6 Å². The predicted octanol–water partition coefficient (Wildman–Crippen LogP) is 4.12. The maximum absolute atomic E-state index is 12.1. The smallest absolute Gasteiger partial charge is 0.0920 e. The highest BCUT2D eigenvalue weighted by Gasteiger charge is 2.01. The van der Waals surface area contributed by atoms with Gasteiger partial charge in [-0.1, -0.05) is 32.4 Å². The molecular formula is C11H21F. The van der Waals surface area contributed by atoms with Crippen LogP contribution in [-0.2, 0) is 0 Å². The number of alkyl halides is 1. The first-order valence-electron chi connectivity index (χ1n) is 4.98. The highest BCUT2D eigenvalue weighted by molar-refractivity contribution is 5.00. The Morgan fingerprint density at radius 3 is 2.50 bits per heavy atom. The van der Waals surface area contributed by atoms with Crippen LogP contribution in [0.15, 0.2) is 11.6 Å². The van der Waals surface area contributed by atoms with Crippen molar-refractivity contribution in [1.29, 1.82) is 0 Å². The van der Waals surface area contributed by atoms with E-state index in [2.05, 4.69) is 19.9 Å². The minimum Gasteiger partial charge on any atom is -0.251 e. The molecule has 12 heavy (non-hydrogen) atoms. The van der Waals surface area contributed by atoms with E-state index in [4.69, 9.17) is 0 Å². The van der Waals surface area contributed by atoms with Crippen molar-refractivity contribution in [2.45, 2.75) is 46.5 Å². The molecule has 72 valence electrons. The monoisotopic (exact) mass is 172 g/mol. The van der Waals surface area contributed by atoms with E-state index in [1.54, 1.807) is 0 Å². The zero-order valence-electron chi connectivity index (χ0n) is 8.57. The predicted molar refractivity (Wildman–Crippen MR) is 53.0 cm³/mol. The topological polar surface area (TPSA) is 0 Å². The van der Waals surface area contributed by atoms with Crippen molar-refractivity contribution in [3.05, 3.63) is 11.6 Å². The summed E-state index contributed by atoms with van der Waals surface area (Å²) in [6.45, 7) is 6.11. The number of allylic oxidation sites excluding steroid dienone is 2. The van der Waals surface area contributed by atoms with Crippen molar-refractivity contribution in [1.82, 2.24) is 0 Å². The molecule has 0 aliphatic rings. The first-order chi connectivity index (χ1) is 5.74. The number of hydrogen-bond acceptors (Lipinski definition) is 0. The van der Waals surface area contributed by atoms with Gasteiger partial charge < -0.3 is 0 Å². The maximum atomic E-state index is 12.1. The first-order valence-corrected chi connectivity index (χ1v) is 4.98. The lowest BCUT2D eigenvalue weighted by atomic mass is 10.00. The first kappa shape index (κ1) is 11.7. The fraction of sp³-hybridized carbons (Fsp3) is 0.818. The normalized spacial score (nSPS) is 14.8. The molecule has 0 aromatic heterocycles. The molecule has 0 saturated carbocycles. The molecule has 0 aliphatic heterocycles. The van der Waals surface area contributed by atoms with E-state index in [9.17, 15) is 4.39 Å². The molecular weight excluding hydrogens is 151 g/mol. The molecule has 1 atom stereocenters. The Bertz CT molecular complexity index is 127. The van der Waals surface area contributed by atoms with E-state index in [1.165, 1.54) is 5.57 Å². The summed E-state index contributed by atoms with van der Waals surface area (Å²) in [7, 11) is 0. The fourth-order valence-electron chi connectivity index (χ4n) is 1.22. The molecule has 0 aromatic rings. The van der Waals surface area contributed by atoms with Crippen LogP contribution in [0.25, 0.3) is 0 Å². The van der Waals surface area contributed by atoms with Crippen LogP contribution in [0.4, 0.5) is 4.39 Å². The van der Waals surface area contributed by atoms with Crippen LogP contribution in [0.1, 0.15) is 46.5 Å². The summed E-state index contributed by atoms with van der Waals surface area (Å²) >= 11 is 0. The molecule has 1 heteroatoms. The van der Waals surface area contributed by atoms with Gasteiger partial charge in [-0.2, -0.15) is 0 Å². The van der Waals surface area contributed by atoms with Crippen LogP contribution in [-0.4, -0.2) is 6.67 Å². The molecule has 0 heterocycles. The highest BCUT2D eigenvalue weighted by Crippen LogP contribution is 2.15. The second kappa shape index (κ2) is 7.33. The van der Waals surface area contributed by atoms with Gasteiger partial charge >= 0.3 is 0 Å². The van der Waals surface area contributed by atoms with Crippen LogP contribution < -0.4 is 0 Å². The van der Waals surface area contributed by atoms with E-state index in [0.717, 1.165) is 25.7 Å². The number of halogens is 1. The number of rotatable bonds is 6. The summed E-state index contributed by atoms with van der Waals surface area (Å²) < 4.78 is 12.1. The van der Waals surface area contributed by atoms with Crippen molar-refractivity contribution >= 4 is 0 Å². The van der Waals surface area contributed by atoms with Crippen LogP contribution in [0.5, 0.6) is 0 Å². The largest absolute Gasteiger partial charge is 0.251 e. The van der Waals surface area contributed by atoms with Gasteiger partial charge in [-0.15, -0.1) is 0 Å². The Hall–Kier alpha value is -0.330. The minimum absolute atomic E-state index is 0.177. The Labute approximate surface area is 75.9 Å². The van der Waals surface area contributed by atoms with Gasteiger partial charge in [0.25, 0.3) is 0 Å². The SMILES string of the molecule is CC/C=C(\CC)CCC(C)CF. The Balaban J connectivity index is 3.65. The molecule has 0 aromatic carbocycles. The zero-order valence-corrected chi connectivity index (χ0v) is 8.57. The highest BCUT2D eigenvalue weighted by atomic mass is 19.1. The van der Waals surface area contributed by atoms with Gasteiger partial charge in [0, 0.05) is 0 Å². The van der Waals surface area contributed by atoms with Crippen molar-refractivity contribution < 1.29 is 4.39 Å². The standard InChI is InChI=1S/C11H21F/c1-4-6-11(5-2)8-7-10(3)9-12/h6,10H,4-5,7-9H2,1-3H3/b11-6+. The van der Waals surface area contributed by atoms with Crippen LogP contribution in [0.3, 0.4) is 0 Å². The molecule has 0 spiro atoms. The van der Waals surface area contributed by atoms with Crippen LogP contribution in [0.2, 0.25) is 0 Å². The van der Waals surface area contributed by atoms with Gasteiger partial charge in [0.2, 0.25) is 0 Å². The van der Waals surface area contributed by atoms with E-state index < -0.39 is 0 Å². The lowest BCUT2D eigenvalue weighted by Crippen LogP contribution is -1.97. The minimum atomic E-state index is -0.177. The summed E-state index contributed by atoms with van der Waals surface area (Å²) in [6, 6.07) is 0. The van der Waals surface area contributed by atoms with Gasteiger partial charge in [-0.25, -0.2) is 0 Å². The second-order valence-electron chi connectivity index (χ2n) is 3.42. The molecule has 0 rings (SSSR count). The van der Waals surface area contributed by atoms with Crippen LogP contribution >= 0.6 is 0 Å². The molecule has 0 aliphatic carbocycles. The summed E-state index contributed by atoms with van der Waals surface area (Å²) in [4.78, 5) is 0. The number of hydrogen-bond donors (Lipinski definition) is 0. The van der Waals surface area contributed by atoms with Crippen molar-refractivity contribution in [3.63, 3.8) is 0 Å². The fourth-order valence-corrected chi connectivity index (χ4v) is 1.22. The third-order valence-corrected chi connectivity index (χ3v) is 2.17. The summed E-state index contributed by atoms with van der Waals surface area (Å²) in [5, 5.41) is 0. The van der Waals surface area contributed by atoms with Gasteiger partial charge in [0.05, 0.1) is 6.67 Å². The van der Waals surface area contributed by atoms with Gasteiger partial charge in [0.1, 0.15) is 0 Å². The van der Waals surface area contributed by atoms with E-state index in [0.29, 0.717) is 0 Å². The third-order valence-electron chi connectivity index (χ3n) is 2.17. The molecule has 0 radical (unpaired) electrons. The zero-order chi connectivity index (χ0) is 9.40. The average molecular weight is 172 g/mol. The van der Waals surface area contributed by atoms with Gasteiger partial charge in [0.15, 0.2) is 0 Å². The van der Waals surface area contributed by atoms with Crippen molar-refractivity contribution in [2.75, 3.05) is 6.67 Å². The molecule has 0 amide bonds. The average Bonchev–Trinajstić information content (AvgIpc) is 2.11. The second-order valence-corrected chi connectivity index (χ2v) is 3.42. The molecule has 0 N–H and O–H groups in total. The molecule has 1 unspecified atom stereocenters. The van der Waals surface area contributed by atoms with Crippen molar-refractivity contribution in [2.24, 2.45) is 5.92 Å². The van der Waals surface area contributed by atoms with E-state index in [1.807, 2.05) is 6.92 Å². The summed E-state index contributed by atoms with van der Waals surface area (Å²) in [5.74, 6) is 0.233. The maximum Gasteiger partial charge on any atom is 0.0920 e. The van der Waals surface area contributed by atoms with Crippen molar-refractivity contribution in [3.8, 4) is 0 Å². The Morgan fingerprint density at radius 2 is 2.08 bits per heavy atom. The molecule has 0 fully saturated rings. The van der Waals surface area contributed by atoms with E-state index >= 15 is 0 Å². The Morgan fingerprint density at radius 1 is 1.42 bits per heavy atom. The third kappa shape index (κ3) is 5.34. The van der Waals surface area contributed by atoms with Gasteiger partial charge in [-0.05, 0) is 31.6 Å². The molecule has 0 saturated heterocycles. The summed E-state index contributed by atoms with van der Waals surface area (Å²) in [6.07, 6.45) is 6.57. The Kier molecular flexibility index (Phi) is 7.12. The quantitative estimate of drug-likeness (QED) is 0.529. The molecule has 0 bridgehead atoms.